The third kappa shape index (κ3) is 4.67. The van der Waals surface area contributed by atoms with Crippen molar-refractivity contribution >= 4 is 0 Å². The summed E-state index contributed by atoms with van der Waals surface area (Å²) in [7, 11) is 0. The molecule has 0 unspecified atom stereocenters. The van der Waals surface area contributed by atoms with Gasteiger partial charge in [0.25, 0.3) is 0 Å². The van der Waals surface area contributed by atoms with Crippen LogP contribution in [0.3, 0.4) is 0 Å². The Morgan fingerprint density at radius 3 is 1.85 bits per heavy atom. The second-order valence-corrected chi connectivity index (χ2v) is 10.3. The molecule has 5 rings (SSSR count). The van der Waals surface area contributed by atoms with E-state index in [1.807, 2.05) is 0 Å². The molecular weight excluding hydrogens is 494 g/mol. The molecule has 5 aromatic rings. The van der Waals surface area contributed by atoms with Gasteiger partial charge in [-0.15, -0.1) is 0 Å². The fourth-order valence-electron chi connectivity index (χ4n) is 5.15. The molecule has 1 aromatic heterocycles. The minimum atomic E-state index is -0.660. The van der Waals surface area contributed by atoms with Crippen molar-refractivity contribution in [1.29, 1.82) is 0 Å². The number of rotatable bonds is 6. The van der Waals surface area contributed by atoms with Gasteiger partial charge in [0, 0.05) is 34.0 Å². The highest BCUT2D eigenvalue weighted by Gasteiger charge is 2.24. The van der Waals surface area contributed by atoms with E-state index < -0.39 is 11.6 Å². The van der Waals surface area contributed by atoms with Gasteiger partial charge in [-0.25, -0.2) is 13.5 Å². The molecule has 0 aliphatic carbocycles. The van der Waals surface area contributed by atoms with Crippen LogP contribution in [0.2, 0.25) is 0 Å². The Morgan fingerprint density at radius 1 is 0.667 bits per heavy atom. The molecule has 4 aromatic carbocycles. The molecule has 198 valence electrons. The Bertz CT molecular complexity index is 1640. The van der Waals surface area contributed by atoms with Gasteiger partial charge in [-0.2, -0.15) is 5.10 Å². The highest BCUT2D eigenvalue weighted by molar-refractivity contribution is 5.92. The van der Waals surface area contributed by atoms with Crippen LogP contribution in [0.1, 0.15) is 50.7 Å². The van der Waals surface area contributed by atoms with Crippen LogP contribution >= 0.6 is 0 Å². The molecule has 4 nitrogen and oxygen atoms in total. The van der Waals surface area contributed by atoms with Crippen LogP contribution in [-0.4, -0.2) is 20.0 Å². The summed E-state index contributed by atoms with van der Waals surface area (Å²) in [5.74, 6) is -1.24. The smallest absolute Gasteiger partial charge is 0.156 e. The largest absolute Gasteiger partial charge is 0.507 e. The van der Waals surface area contributed by atoms with Crippen molar-refractivity contribution in [3.63, 3.8) is 0 Å². The highest BCUT2D eigenvalue weighted by atomic mass is 19.1. The number of hydrogen-bond donors (Lipinski definition) is 2. The first kappa shape index (κ1) is 26.2. The van der Waals surface area contributed by atoms with Gasteiger partial charge in [0.15, 0.2) is 5.82 Å². The fourth-order valence-corrected chi connectivity index (χ4v) is 5.15. The molecule has 0 aliphatic rings. The third-order valence-electron chi connectivity index (χ3n) is 7.04. The van der Waals surface area contributed by atoms with E-state index in [0.717, 1.165) is 11.1 Å². The van der Waals surface area contributed by atoms with Gasteiger partial charge in [-0.3, -0.25) is 0 Å². The molecule has 0 saturated carbocycles. The molecule has 2 N–H and O–H groups in total. The Hall–Kier alpha value is -4.45. The molecule has 0 spiro atoms. The summed E-state index contributed by atoms with van der Waals surface area (Å²) < 4.78 is 32.5. The molecule has 0 saturated heterocycles. The predicted molar refractivity (Wildman–Crippen MR) is 151 cm³/mol. The first-order valence-electron chi connectivity index (χ1n) is 13.0. The Morgan fingerprint density at radius 2 is 1.23 bits per heavy atom. The van der Waals surface area contributed by atoms with E-state index in [-0.39, 0.29) is 51.3 Å². The molecule has 39 heavy (non-hydrogen) atoms. The summed E-state index contributed by atoms with van der Waals surface area (Å²) in [6.45, 7) is 8.58. The van der Waals surface area contributed by atoms with Crippen molar-refractivity contribution in [2.45, 2.75) is 39.5 Å². The number of phenolic OH excluding ortho intramolecular Hbond substituents is 2. The van der Waals surface area contributed by atoms with E-state index in [4.69, 9.17) is 0 Å². The van der Waals surface area contributed by atoms with Crippen molar-refractivity contribution in [2.24, 2.45) is 0 Å². The van der Waals surface area contributed by atoms with Gasteiger partial charge >= 0.3 is 0 Å². The summed E-state index contributed by atoms with van der Waals surface area (Å²) in [6.07, 6.45) is 3.53. The summed E-state index contributed by atoms with van der Waals surface area (Å²) in [5.41, 5.74) is 4.59. The number of hydrogen-bond acceptors (Lipinski definition) is 3. The van der Waals surface area contributed by atoms with Crippen molar-refractivity contribution in [3.8, 4) is 50.6 Å². The van der Waals surface area contributed by atoms with Gasteiger partial charge < -0.3 is 10.2 Å². The minimum Gasteiger partial charge on any atom is -0.507 e. The van der Waals surface area contributed by atoms with Gasteiger partial charge in [0.2, 0.25) is 0 Å². The van der Waals surface area contributed by atoms with Crippen molar-refractivity contribution in [1.82, 2.24) is 9.78 Å². The van der Waals surface area contributed by atoms with Gasteiger partial charge in [-0.1, -0.05) is 76.2 Å². The average molecular weight is 525 g/mol. The first-order chi connectivity index (χ1) is 18.7. The SMILES string of the molecule is CC(C)c1cccc(C(C)C)c1-c1cnn(-c2cccc(-c3c(O)ccc(O)c3-c3ccccc3F)c2F)c1. The van der Waals surface area contributed by atoms with Crippen molar-refractivity contribution < 1.29 is 19.0 Å². The zero-order chi connectivity index (χ0) is 27.8. The Balaban J connectivity index is 1.68. The predicted octanol–water partition coefficient (Wildman–Crippen LogP) is 8.81. The minimum absolute atomic E-state index is 0.000855. The van der Waals surface area contributed by atoms with Crippen LogP contribution in [0.15, 0.2) is 85.2 Å². The number of halogens is 2. The standard InChI is InChI=1S/C33H30F2N2O2/c1-19(2)22-10-7-11-23(20(3)4)30(22)21-17-36-37(18-21)27-14-8-12-25(33(27)35)32-29(39)16-15-28(38)31(32)24-9-5-6-13-26(24)34/h5-20,38-39H,1-4H3. The normalized spacial score (nSPS) is 11.5. The van der Waals surface area contributed by atoms with E-state index >= 15 is 4.39 Å². The van der Waals surface area contributed by atoms with Crippen LogP contribution in [0.4, 0.5) is 8.78 Å². The van der Waals surface area contributed by atoms with E-state index in [1.165, 1.54) is 52.2 Å². The maximum atomic E-state index is 16.2. The summed E-state index contributed by atoms with van der Waals surface area (Å²) >= 11 is 0. The molecule has 0 atom stereocenters. The lowest BCUT2D eigenvalue weighted by Gasteiger charge is -2.18. The number of aromatic nitrogens is 2. The molecule has 1 heterocycles. The van der Waals surface area contributed by atoms with Crippen LogP contribution in [0.25, 0.3) is 39.1 Å². The second kappa shape index (κ2) is 10.4. The number of nitrogens with zero attached hydrogens (tertiary/aromatic N) is 2. The second-order valence-electron chi connectivity index (χ2n) is 10.3. The van der Waals surface area contributed by atoms with Crippen molar-refractivity contribution in [2.75, 3.05) is 0 Å². The Labute approximate surface area is 226 Å². The highest BCUT2D eigenvalue weighted by Crippen LogP contribution is 2.46. The average Bonchev–Trinajstić information content (AvgIpc) is 3.40. The van der Waals surface area contributed by atoms with E-state index in [9.17, 15) is 14.6 Å². The first-order valence-corrected chi connectivity index (χ1v) is 13.0. The van der Waals surface area contributed by atoms with Gasteiger partial charge in [0.05, 0.1) is 6.20 Å². The van der Waals surface area contributed by atoms with E-state index in [0.29, 0.717) is 0 Å². The summed E-state index contributed by atoms with van der Waals surface area (Å²) in [4.78, 5) is 0. The van der Waals surface area contributed by atoms with Gasteiger partial charge in [-0.05, 0) is 52.8 Å². The maximum Gasteiger partial charge on any atom is 0.156 e. The summed E-state index contributed by atoms with van der Waals surface area (Å²) in [5, 5.41) is 26.0. The van der Waals surface area contributed by atoms with Crippen molar-refractivity contribution in [3.05, 3.63) is 108 Å². The Kier molecular flexibility index (Phi) is 6.96. The van der Waals surface area contributed by atoms with E-state index in [2.05, 4.69) is 51.0 Å². The third-order valence-corrected chi connectivity index (χ3v) is 7.04. The topological polar surface area (TPSA) is 58.3 Å². The zero-order valence-electron chi connectivity index (χ0n) is 22.3. The van der Waals surface area contributed by atoms with Gasteiger partial charge in [0.1, 0.15) is 23.0 Å². The zero-order valence-corrected chi connectivity index (χ0v) is 22.3. The maximum absolute atomic E-state index is 16.2. The van der Waals surface area contributed by atoms with Crippen LogP contribution < -0.4 is 0 Å². The molecule has 0 fully saturated rings. The molecule has 6 heteroatoms. The fraction of sp³-hybridized carbons (Fsp3) is 0.182. The molecule has 0 radical (unpaired) electrons. The lowest BCUT2D eigenvalue weighted by atomic mass is 9.86. The summed E-state index contributed by atoms with van der Waals surface area (Å²) in [6, 6.07) is 19.4. The lowest BCUT2D eigenvalue weighted by Crippen LogP contribution is -2.01. The molecule has 0 aliphatic heterocycles. The molecular formula is C33H30F2N2O2. The quantitative estimate of drug-likeness (QED) is 0.218. The number of benzene rings is 4. The van der Waals surface area contributed by atoms with E-state index in [1.54, 1.807) is 30.6 Å². The van der Waals surface area contributed by atoms with Crippen LogP contribution in [-0.2, 0) is 0 Å². The van der Waals surface area contributed by atoms with Crippen LogP contribution in [0, 0.1) is 11.6 Å². The lowest BCUT2D eigenvalue weighted by molar-refractivity contribution is 0.462. The monoisotopic (exact) mass is 524 g/mol. The molecule has 0 amide bonds. The number of aromatic hydroxyl groups is 2. The molecule has 0 bridgehead atoms. The van der Waals surface area contributed by atoms with Crippen LogP contribution in [0.5, 0.6) is 11.5 Å². The number of phenols is 2.